The molecule has 1 N–H and O–H groups in total. The molecule has 1 aromatic carbocycles. The van der Waals surface area contributed by atoms with Gasteiger partial charge in [-0.3, -0.25) is 9.55 Å². The summed E-state index contributed by atoms with van der Waals surface area (Å²) in [6.07, 6.45) is -0.451. The second-order valence-electron chi connectivity index (χ2n) is 5.20. The summed E-state index contributed by atoms with van der Waals surface area (Å²) in [4.78, 5) is 3.72. The van der Waals surface area contributed by atoms with Crippen molar-refractivity contribution in [2.45, 2.75) is 32.9 Å². The van der Waals surface area contributed by atoms with Gasteiger partial charge in [0, 0.05) is 6.61 Å². The number of benzene rings is 1. The minimum absolute atomic E-state index is 0. The molecule has 118 valence electrons. The summed E-state index contributed by atoms with van der Waals surface area (Å²) in [5, 5.41) is 11.6. The van der Waals surface area contributed by atoms with Crippen LogP contribution in [0, 0.1) is 5.92 Å². The normalized spacial score (nSPS) is 13.5. The van der Waals surface area contributed by atoms with Crippen molar-refractivity contribution < 1.29 is 52.4 Å². The maximum atomic E-state index is 11.6. The van der Waals surface area contributed by atoms with Crippen LogP contribution in [-0.2, 0) is 21.5 Å². The first-order valence-electron chi connectivity index (χ1n) is 6.63. The number of nitrogens with zero attached hydrogens (tertiary/aromatic N) is 1. The molecule has 0 spiro atoms. The van der Waals surface area contributed by atoms with E-state index in [0.717, 1.165) is 5.56 Å². The van der Waals surface area contributed by atoms with Crippen molar-refractivity contribution in [3.63, 3.8) is 0 Å². The molecule has 0 aliphatic carbocycles. The number of ether oxygens (including phenoxy) is 1. The fourth-order valence-corrected chi connectivity index (χ4v) is 2.55. The average molecular weight is 337 g/mol. The summed E-state index contributed by atoms with van der Waals surface area (Å²) in [7, 11) is -4.18. The Labute approximate surface area is 153 Å². The SMILES string of the molecule is CC(C)C[C@@H](CS(=O)(=O)O)N=C([O-])OCc1ccccc1.[Na+]. The molecule has 0 aliphatic rings. The molecular formula is C14H20NNaO5S. The second kappa shape index (κ2) is 10.2. The average Bonchev–Trinajstić information content (AvgIpc) is 2.34. The van der Waals surface area contributed by atoms with E-state index in [1.54, 1.807) is 12.1 Å². The number of hydrogen-bond acceptors (Lipinski definition) is 5. The fraction of sp³-hybridized carbons (Fsp3) is 0.500. The molecule has 0 unspecified atom stereocenters. The van der Waals surface area contributed by atoms with Crippen LogP contribution in [0.4, 0.5) is 0 Å². The Balaban J connectivity index is 0.00000441. The summed E-state index contributed by atoms with van der Waals surface area (Å²) >= 11 is 0. The van der Waals surface area contributed by atoms with E-state index < -0.39 is 28.0 Å². The first-order chi connectivity index (χ1) is 9.76. The molecule has 0 amide bonds. The molecule has 0 saturated heterocycles. The maximum absolute atomic E-state index is 11.6. The van der Waals surface area contributed by atoms with Gasteiger partial charge in [0.1, 0.15) is 6.08 Å². The van der Waals surface area contributed by atoms with Crippen molar-refractivity contribution in [2.24, 2.45) is 10.9 Å². The van der Waals surface area contributed by atoms with Gasteiger partial charge in [0.2, 0.25) is 0 Å². The van der Waals surface area contributed by atoms with E-state index in [9.17, 15) is 13.5 Å². The fourth-order valence-electron chi connectivity index (χ4n) is 1.85. The van der Waals surface area contributed by atoms with Gasteiger partial charge in [-0.1, -0.05) is 44.2 Å². The van der Waals surface area contributed by atoms with Crippen LogP contribution in [0.2, 0.25) is 0 Å². The van der Waals surface area contributed by atoms with Crippen LogP contribution < -0.4 is 34.7 Å². The van der Waals surface area contributed by atoms with E-state index in [4.69, 9.17) is 9.29 Å². The van der Waals surface area contributed by atoms with Gasteiger partial charge in [-0.15, -0.1) is 0 Å². The third-order valence-corrected chi connectivity index (χ3v) is 3.45. The van der Waals surface area contributed by atoms with Crippen LogP contribution in [0.3, 0.4) is 0 Å². The zero-order valence-electron chi connectivity index (χ0n) is 13.1. The molecule has 8 heteroatoms. The largest absolute Gasteiger partial charge is 1.00 e. The summed E-state index contributed by atoms with van der Waals surface area (Å²) in [6.45, 7) is 3.83. The van der Waals surface area contributed by atoms with E-state index >= 15 is 0 Å². The zero-order chi connectivity index (χ0) is 15.9. The number of hydrogen-bond donors (Lipinski definition) is 1. The van der Waals surface area contributed by atoms with Crippen LogP contribution in [0.15, 0.2) is 35.3 Å². The predicted octanol–water partition coefficient (Wildman–Crippen LogP) is -1.77. The van der Waals surface area contributed by atoms with Gasteiger partial charge in [0.05, 0.1) is 11.8 Å². The Bertz CT molecular complexity index is 560. The smallest absolute Gasteiger partial charge is 0.596 e. The van der Waals surface area contributed by atoms with Crippen molar-refractivity contribution in [3.8, 4) is 0 Å². The molecule has 0 saturated carbocycles. The van der Waals surface area contributed by atoms with Crippen LogP contribution in [0.1, 0.15) is 25.8 Å². The Kier molecular flexibility index (Phi) is 9.95. The second-order valence-corrected chi connectivity index (χ2v) is 6.70. The molecule has 22 heavy (non-hydrogen) atoms. The first kappa shape index (κ1) is 21.4. The van der Waals surface area contributed by atoms with Crippen molar-refractivity contribution in [2.75, 3.05) is 5.75 Å². The Morgan fingerprint density at radius 2 is 1.91 bits per heavy atom. The van der Waals surface area contributed by atoms with Crippen LogP contribution >= 0.6 is 0 Å². The molecule has 0 bridgehead atoms. The molecule has 0 fully saturated rings. The summed E-state index contributed by atoms with van der Waals surface area (Å²) in [6, 6.07) is 8.29. The van der Waals surface area contributed by atoms with Crippen LogP contribution in [0.5, 0.6) is 0 Å². The molecule has 1 rings (SSSR count). The topological polar surface area (TPSA) is 99.0 Å². The van der Waals surface area contributed by atoms with Crippen molar-refractivity contribution in [1.29, 1.82) is 0 Å². The standard InChI is InChI=1S/C14H21NO5S.Na/c1-11(2)8-13(10-21(17,18)19)15-14(16)20-9-12-6-4-3-5-7-12;/h3-7,11,13H,8-10H2,1-2H3,(H,15,16)(H,17,18,19);/q;+1/p-1/t13-;/m0./s1. The van der Waals surface area contributed by atoms with E-state index in [0.29, 0.717) is 6.42 Å². The van der Waals surface area contributed by atoms with Gasteiger partial charge in [-0.25, -0.2) is 0 Å². The summed E-state index contributed by atoms with van der Waals surface area (Å²) < 4.78 is 35.7. The zero-order valence-corrected chi connectivity index (χ0v) is 15.9. The van der Waals surface area contributed by atoms with Gasteiger partial charge < -0.3 is 9.84 Å². The van der Waals surface area contributed by atoms with Crippen molar-refractivity contribution >= 4 is 16.2 Å². The van der Waals surface area contributed by atoms with Gasteiger partial charge in [0.15, 0.2) is 0 Å². The molecule has 1 atom stereocenters. The van der Waals surface area contributed by atoms with Crippen molar-refractivity contribution in [1.82, 2.24) is 0 Å². The van der Waals surface area contributed by atoms with Gasteiger partial charge in [-0.2, -0.15) is 8.42 Å². The molecule has 0 radical (unpaired) electrons. The molecule has 1 aromatic rings. The van der Waals surface area contributed by atoms with Crippen molar-refractivity contribution in [3.05, 3.63) is 35.9 Å². The molecule has 6 nitrogen and oxygen atoms in total. The van der Waals surface area contributed by atoms with E-state index in [-0.39, 0.29) is 42.1 Å². The maximum Gasteiger partial charge on any atom is 1.00 e. The molecule has 0 aromatic heterocycles. The summed E-state index contributed by atoms with van der Waals surface area (Å²) in [5.74, 6) is -0.437. The predicted molar refractivity (Wildman–Crippen MR) is 78.3 cm³/mol. The van der Waals surface area contributed by atoms with Crippen LogP contribution in [0.25, 0.3) is 0 Å². The van der Waals surface area contributed by atoms with Gasteiger partial charge >= 0.3 is 29.6 Å². The minimum Gasteiger partial charge on any atom is -0.596 e. The molecular weight excluding hydrogens is 317 g/mol. The van der Waals surface area contributed by atoms with E-state index in [1.165, 1.54) is 0 Å². The third-order valence-electron chi connectivity index (χ3n) is 2.64. The Morgan fingerprint density at radius 1 is 1.32 bits per heavy atom. The number of rotatable bonds is 7. The van der Waals surface area contributed by atoms with Gasteiger partial charge in [0.25, 0.3) is 10.1 Å². The monoisotopic (exact) mass is 337 g/mol. The number of aliphatic imine (C=N–C) groups is 1. The molecule has 0 aliphatic heterocycles. The first-order valence-corrected chi connectivity index (χ1v) is 8.24. The van der Waals surface area contributed by atoms with Gasteiger partial charge in [-0.05, 0) is 17.9 Å². The Hall–Kier alpha value is -0.600. The minimum atomic E-state index is -4.18. The van der Waals surface area contributed by atoms with E-state index in [2.05, 4.69) is 4.99 Å². The molecule has 0 heterocycles. The van der Waals surface area contributed by atoms with Crippen LogP contribution in [-0.4, -0.2) is 30.8 Å². The van der Waals surface area contributed by atoms with E-state index in [1.807, 2.05) is 32.0 Å². The third kappa shape index (κ3) is 10.2. The Morgan fingerprint density at radius 3 is 2.41 bits per heavy atom. The summed E-state index contributed by atoms with van der Waals surface area (Å²) in [5.41, 5.74) is 0.816. The quantitative estimate of drug-likeness (QED) is 0.275.